The Hall–Kier alpha value is -2.06. The van der Waals surface area contributed by atoms with E-state index in [-0.39, 0.29) is 17.2 Å². The summed E-state index contributed by atoms with van der Waals surface area (Å²) in [4.78, 5) is 0.0416. The molecule has 1 heterocycles. The molecular weight excluding hydrogens is 318 g/mol. The molecule has 126 valence electrons. The third-order valence-electron chi connectivity index (χ3n) is 3.62. The molecule has 0 saturated carbocycles. The zero-order chi connectivity index (χ0) is 17.0. The van der Waals surface area contributed by atoms with Gasteiger partial charge in [-0.3, -0.25) is 4.68 Å². The van der Waals surface area contributed by atoms with Gasteiger partial charge in [-0.15, -0.1) is 0 Å². The summed E-state index contributed by atoms with van der Waals surface area (Å²) in [5, 5.41) is 4.21. The molecule has 1 aromatic carbocycles. The third kappa shape index (κ3) is 3.65. The first-order valence-corrected chi connectivity index (χ1v) is 8.64. The van der Waals surface area contributed by atoms with Crippen molar-refractivity contribution in [3.8, 4) is 11.5 Å². The number of aryl methyl sites for hydroxylation is 1. The maximum absolute atomic E-state index is 12.6. The first kappa shape index (κ1) is 17.3. The molecule has 0 unspecified atom stereocenters. The number of hydrogen-bond acceptors (Lipinski definition) is 5. The minimum Gasteiger partial charge on any atom is -0.497 e. The van der Waals surface area contributed by atoms with Crippen molar-refractivity contribution in [2.24, 2.45) is 0 Å². The molecule has 0 radical (unpaired) electrons. The highest BCUT2D eigenvalue weighted by Crippen LogP contribution is 2.28. The van der Waals surface area contributed by atoms with E-state index in [0.717, 1.165) is 17.8 Å². The number of nitrogens with zero attached hydrogens (tertiary/aromatic N) is 2. The summed E-state index contributed by atoms with van der Waals surface area (Å²) in [6.07, 6.45) is 1.67. The minimum absolute atomic E-state index is 0.0416. The van der Waals surface area contributed by atoms with Crippen LogP contribution < -0.4 is 14.2 Å². The van der Waals surface area contributed by atoms with Crippen molar-refractivity contribution >= 4 is 10.0 Å². The molecule has 0 bridgehead atoms. The van der Waals surface area contributed by atoms with E-state index in [1.54, 1.807) is 18.3 Å². The van der Waals surface area contributed by atoms with Gasteiger partial charge in [-0.05, 0) is 26.0 Å². The van der Waals surface area contributed by atoms with Crippen molar-refractivity contribution in [1.82, 2.24) is 14.5 Å². The third-order valence-corrected chi connectivity index (χ3v) is 5.04. The van der Waals surface area contributed by atoms with Crippen LogP contribution in [0.15, 0.2) is 29.3 Å². The van der Waals surface area contributed by atoms with Gasteiger partial charge in [0.2, 0.25) is 10.0 Å². The molecule has 0 spiro atoms. The van der Waals surface area contributed by atoms with Crippen LogP contribution in [-0.4, -0.2) is 32.4 Å². The topological polar surface area (TPSA) is 82.5 Å². The Balaban J connectivity index is 2.26. The van der Waals surface area contributed by atoms with Crippen molar-refractivity contribution in [1.29, 1.82) is 0 Å². The zero-order valence-electron chi connectivity index (χ0n) is 13.7. The van der Waals surface area contributed by atoms with Gasteiger partial charge in [-0.1, -0.05) is 0 Å². The molecule has 0 saturated heterocycles. The first-order chi connectivity index (χ1) is 10.9. The maximum Gasteiger partial charge on any atom is 0.244 e. The molecule has 2 rings (SSSR count). The van der Waals surface area contributed by atoms with Gasteiger partial charge in [0.1, 0.15) is 16.4 Å². The van der Waals surface area contributed by atoms with Crippen molar-refractivity contribution in [2.45, 2.75) is 31.8 Å². The summed E-state index contributed by atoms with van der Waals surface area (Å²) in [6.45, 7) is 4.79. The largest absolute Gasteiger partial charge is 0.497 e. The van der Waals surface area contributed by atoms with Crippen LogP contribution in [0.2, 0.25) is 0 Å². The van der Waals surface area contributed by atoms with Crippen molar-refractivity contribution < 1.29 is 17.9 Å². The van der Waals surface area contributed by atoms with Gasteiger partial charge in [-0.2, -0.15) is 5.10 Å². The van der Waals surface area contributed by atoms with E-state index in [9.17, 15) is 8.42 Å². The quantitative estimate of drug-likeness (QED) is 0.830. The van der Waals surface area contributed by atoms with Gasteiger partial charge >= 0.3 is 0 Å². The lowest BCUT2D eigenvalue weighted by atomic mass is 10.3. The minimum atomic E-state index is -3.74. The number of nitrogens with one attached hydrogen (secondary N) is 1. The number of methoxy groups -OCH3 is 2. The van der Waals surface area contributed by atoms with Crippen LogP contribution in [-0.2, 0) is 23.1 Å². The Morgan fingerprint density at radius 1 is 1.26 bits per heavy atom. The predicted octanol–water partition coefficient (Wildman–Crippen LogP) is 1.71. The Labute approximate surface area is 136 Å². The fourth-order valence-corrected chi connectivity index (χ4v) is 3.41. The fourth-order valence-electron chi connectivity index (χ4n) is 2.22. The van der Waals surface area contributed by atoms with Crippen LogP contribution in [0.5, 0.6) is 11.5 Å². The maximum atomic E-state index is 12.6. The molecule has 0 aliphatic rings. The van der Waals surface area contributed by atoms with Crippen LogP contribution in [0.4, 0.5) is 0 Å². The summed E-state index contributed by atoms with van der Waals surface area (Å²) >= 11 is 0. The highest BCUT2D eigenvalue weighted by molar-refractivity contribution is 7.89. The molecule has 8 heteroatoms. The molecule has 2 aromatic rings. The molecule has 0 atom stereocenters. The molecule has 0 aliphatic heterocycles. The summed E-state index contributed by atoms with van der Waals surface area (Å²) in [7, 11) is -0.833. The van der Waals surface area contributed by atoms with E-state index >= 15 is 0 Å². The zero-order valence-corrected chi connectivity index (χ0v) is 14.5. The van der Waals surface area contributed by atoms with Gasteiger partial charge in [0, 0.05) is 30.4 Å². The second kappa shape index (κ2) is 7.01. The summed E-state index contributed by atoms with van der Waals surface area (Å²) in [5.41, 5.74) is 1.77. The van der Waals surface area contributed by atoms with Crippen LogP contribution in [0, 0.1) is 6.92 Å². The van der Waals surface area contributed by atoms with Gasteiger partial charge in [0.05, 0.1) is 20.4 Å². The lowest BCUT2D eigenvalue weighted by Gasteiger charge is -2.12. The first-order valence-electron chi connectivity index (χ1n) is 7.16. The smallest absolute Gasteiger partial charge is 0.244 e. The summed E-state index contributed by atoms with van der Waals surface area (Å²) in [5.74, 6) is 0.709. The van der Waals surface area contributed by atoms with Crippen molar-refractivity contribution in [3.63, 3.8) is 0 Å². The van der Waals surface area contributed by atoms with E-state index in [2.05, 4.69) is 9.82 Å². The van der Waals surface area contributed by atoms with E-state index < -0.39 is 10.0 Å². The second-order valence-corrected chi connectivity index (χ2v) is 6.65. The van der Waals surface area contributed by atoms with Crippen LogP contribution in [0.25, 0.3) is 0 Å². The van der Waals surface area contributed by atoms with Crippen LogP contribution in [0.3, 0.4) is 0 Å². The monoisotopic (exact) mass is 339 g/mol. The van der Waals surface area contributed by atoms with E-state index in [1.165, 1.54) is 20.3 Å². The number of ether oxygens (including phenoxy) is 2. The van der Waals surface area contributed by atoms with Crippen molar-refractivity contribution in [2.75, 3.05) is 14.2 Å². The highest BCUT2D eigenvalue weighted by Gasteiger charge is 2.21. The lowest BCUT2D eigenvalue weighted by molar-refractivity contribution is 0.392. The van der Waals surface area contributed by atoms with E-state index in [4.69, 9.17) is 9.47 Å². The molecule has 23 heavy (non-hydrogen) atoms. The molecule has 1 aromatic heterocycles. The molecule has 0 aliphatic carbocycles. The van der Waals surface area contributed by atoms with Crippen LogP contribution >= 0.6 is 0 Å². The Morgan fingerprint density at radius 2 is 2.00 bits per heavy atom. The van der Waals surface area contributed by atoms with Gasteiger partial charge in [0.25, 0.3) is 0 Å². The Bertz CT molecular complexity index is 784. The molecule has 0 amide bonds. The highest BCUT2D eigenvalue weighted by atomic mass is 32.2. The summed E-state index contributed by atoms with van der Waals surface area (Å²) in [6, 6.07) is 4.64. The molecule has 0 fully saturated rings. The second-order valence-electron chi connectivity index (χ2n) is 4.91. The van der Waals surface area contributed by atoms with Crippen LogP contribution in [0.1, 0.15) is 18.2 Å². The normalized spacial score (nSPS) is 11.5. The molecule has 7 nitrogen and oxygen atoms in total. The lowest BCUT2D eigenvalue weighted by Crippen LogP contribution is -2.24. The number of rotatable bonds is 7. The molecular formula is C15H21N3O4S. The number of sulfonamides is 1. The number of benzene rings is 1. The number of hydrogen-bond donors (Lipinski definition) is 1. The van der Waals surface area contributed by atoms with E-state index in [1.807, 2.05) is 18.5 Å². The standard InChI is InChI=1S/C15H21N3O4S/c1-5-18-11(2)12(9-16-18)10-17-23(19,20)15-8-13(21-3)6-7-14(15)22-4/h6-9,17H,5,10H2,1-4H3. The number of aromatic nitrogens is 2. The average Bonchev–Trinajstić information content (AvgIpc) is 2.92. The fraction of sp³-hybridized carbons (Fsp3) is 0.400. The Morgan fingerprint density at radius 3 is 2.57 bits per heavy atom. The summed E-state index contributed by atoms with van der Waals surface area (Å²) < 4.78 is 39.8. The Kier molecular flexibility index (Phi) is 5.27. The van der Waals surface area contributed by atoms with Gasteiger partial charge < -0.3 is 9.47 Å². The van der Waals surface area contributed by atoms with Gasteiger partial charge in [-0.25, -0.2) is 13.1 Å². The van der Waals surface area contributed by atoms with E-state index in [0.29, 0.717) is 5.75 Å². The van der Waals surface area contributed by atoms with Crippen molar-refractivity contribution in [3.05, 3.63) is 35.7 Å². The SMILES string of the molecule is CCn1ncc(CNS(=O)(=O)c2cc(OC)ccc2OC)c1C. The predicted molar refractivity (Wildman–Crippen MR) is 86.2 cm³/mol. The average molecular weight is 339 g/mol. The van der Waals surface area contributed by atoms with Gasteiger partial charge in [0.15, 0.2) is 0 Å². The molecule has 1 N–H and O–H groups in total.